The van der Waals surface area contributed by atoms with Gasteiger partial charge in [0.15, 0.2) is 5.75 Å². The molecule has 0 aliphatic heterocycles. The number of aliphatic hydroxyl groups excluding tert-OH is 1. The van der Waals surface area contributed by atoms with Gasteiger partial charge in [-0.15, -0.1) is 12.4 Å². The van der Waals surface area contributed by atoms with Crippen molar-refractivity contribution in [2.75, 3.05) is 0 Å². The number of nitrogens with zero attached hydrogens (tertiary/aromatic N) is 1. The van der Waals surface area contributed by atoms with E-state index in [1.54, 1.807) is 20.8 Å². The van der Waals surface area contributed by atoms with E-state index in [2.05, 4.69) is 0 Å². The van der Waals surface area contributed by atoms with Gasteiger partial charge in [0, 0.05) is 6.07 Å². The van der Waals surface area contributed by atoms with Gasteiger partial charge in [-0.25, -0.2) is 0 Å². The van der Waals surface area contributed by atoms with Gasteiger partial charge < -0.3 is 21.1 Å². The molecule has 5 N–H and O–H groups in total. The predicted molar refractivity (Wildman–Crippen MR) is 76.1 cm³/mol. The van der Waals surface area contributed by atoms with Crippen molar-refractivity contribution in [1.82, 2.24) is 0 Å². The summed E-state index contributed by atoms with van der Waals surface area (Å²) in [5.41, 5.74) is 4.86. The van der Waals surface area contributed by atoms with Crippen LogP contribution in [0, 0.1) is 15.5 Å². The minimum absolute atomic E-state index is 0. The van der Waals surface area contributed by atoms with Crippen molar-refractivity contribution in [1.29, 1.82) is 0 Å². The first-order chi connectivity index (χ1) is 8.55. The van der Waals surface area contributed by atoms with Crippen LogP contribution in [0.2, 0.25) is 0 Å². The minimum atomic E-state index is -0.962. The highest BCUT2D eigenvalue weighted by atomic mass is 35.5. The van der Waals surface area contributed by atoms with Gasteiger partial charge in [0.05, 0.1) is 17.1 Å². The van der Waals surface area contributed by atoms with Crippen LogP contribution in [0.5, 0.6) is 11.5 Å². The Kier molecular flexibility index (Phi) is 5.76. The number of phenols is 2. The molecule has 0 radical (unpaired) electrons. The van der Waals surface area contributed by atoms with Crippen LogP contribution in [-0.4, -0.2) is 26.3 Å². The Labute approximate surface area is 122 Å². The third-order valence-electron chi connectivity index (χ3n) is 2.90. The number of hydrogen-bond acceptors (Lipinski definition) is 6. The van der Waals surface area contributed by atoms with Gasteiger partial charge in [-0.1, -0.05) is 20.8 Å². The zero-order valence-corrected chi connectivity index (χ0v) is 12.2. The molecule has 7 nitrogen and oxygen atoms in total. The lowest BCUT2D eigenvalue weighted by molar-refractivity contribution is -0.386. The summed E-state index contributed by atoms with van der Waals surface area (Å²) in [6, 6.07) is 1.25. The van der Waals surface area contributed by atoms with Gasteiger partial charge in [-0.3, -0.25) is 10.1 Å². The number of rotatable bonds is 3. The average Bonchev–Trinajstić information content (AvgIpc) is 2.28. The predicted octanol–water partition coefficient (Wildman–Crippen LogP) is 1.83. The van der Waals surface area contributed by atoms with E-state index in [4.69, 9.17) is 5.73 Å². The number of hydrogen-bond donors (Lipinski definition) is 4. The van der Waals surface area contributed by atoms with Crippen LogP contribution in [0.3, 0.4) is 0 Å². The van der Waals surface area contributed by atoms with Crippen molar-refractivity contribution in [3.63, 3.8) is 0 Å². The lowest BCUT2D eigenvalue weighted by Gasteiger charge is -2.31. The average molecular weight is 307 g/mol. The van der Waals surface area contributed by atoms with Crippen LogP contribution in [0.4, 0.5) is 5.69 Å². The van der Waals surface area contributed by atoms with Gasteiger partial charge in [0.25, 0.3) is 0 Å². The molecule has 0 unspecified atom stereocenters. The molecule has 2 atom stereocenters. The fourth-order valence-corrected chi connectivity index (χ4v) is 1.68. The number of phenolic OH excluding ortho intramolecular Hbond substituents is 2. The molecule has 0 amide bonds. The Bertz CT molecular complexity index is 501. The summed E-state index contributed by atoms with van der Waals surface area (Å²) in [6.07, 6.45) is -0.962. The Morgan fingerprint density at radius 3 is 2.20 bits per heavy atom. The lowest BCUT2D eigenvalue weighted by Crippen LogP contribution is -2.36. The normalized spacial score (nSPS) is 14.2. The molecule has 0 saturated heterocycles. The first kappa shape index (κ1) is 18.4. The Morgan fingerprint density at radius 1 is 1.30 bits per heavy atom. The summed E-state index contributed by atoms with van der Waals surface area (Å²) < 4.78 is 0. The van der Waals surface area contributed by atoms with E-state index in [-0.39, 0.29) is 18.0 Å². The summed E-state index contributed by atoms with van der Waals surface area (Å²) >= 11 is 0. The third-order valence-corrected chi connectivity index (χ3v) is 2.90. The summed E-state index contributed by atoms with van der Waals surface area (Å²) in [7, 11) is 0. The summed E-state index contributed by atoms with van der Waals surface area (Å²) in [6.45, 7) is 5.31. The monoisotopic (exact) mass is 306 g/mol. The van der Waals surface area contributed by atoms with Crippen LogP contribution in [0.25, 0.3) is 0 Å². The van der Waals surface area contributed by atoms with E-state index < -0.39 is 39.7 Å². The van der Waals surface area contributed by atoms with E-state index in [1.807, 2.05) is 0 Å². The lowest BCUT2D eigenvalue weighted by atomic mass is 9.82. The molecule has 20 heavy (non-hydrogen) atoms. The molecule has 0 heterocycles. The summed E-state index contributed by atoms with van der Waals surface area (Å²) in [4.78, 5) is 9.92. The molecule has 0 aliphatic rings. The van der Waals surface area contributed by atoms with Gasteiger partial charge in [-0.2, -0.15) is 0 Å². The van der Waals surface area contributed by atoms with Gasteiger partial charge in [0.2, 0.25) is 5.75 Å². The second-order valence-electron chi connectivity index (χ2n) is 5.50. The molecule has 1 aromatic rings. The number of nitro benzene ring substituents is 1. The first-order valence-electron chi connectivity index (χ1n) is 5.69. The maximum atomic E-state index is 10.7. The van der Waals surface area contributed by atoms with Crippen LogP contribution >= 0.6 is 12.4 Å². The molecule has 0 aliphatic carbocycles. The van der Waals surface area contributed by atoms with Gasteiger partial charge >= 0.3 is 5.69 Å². The van der Waals surface area contributed by atoms with Crippen LogP contribution in [0.15, 0.2) is 12.1 Å². The first-order valence-corrected chi connectivity index (χ1v) is 5.69. The smallest absolute Gasteiger partial charge is 0.314 e. The number of nitro groups is 1. The largest absolute Gasteiger partial charge is 0.504 e. The maximum absolute atomic E-state index is 10.7. The second kappa shape index (κ2) is 6.25. The zero-order chi connectivity index (χ0) is 15.0. The SMILES string of the molecule is CC(C)(C)[C@H](O)[C@H](N)c1cc(O)c(O)c([N+](=O)[O-])c1.Cl. The standard InChI is InChI=1S/C12H18N2O5.ClH/c1-12(2,3)11(17)9(13)6-4-7(14(18)19)10(16)8(15)5-6;/h4-5,9,11,15-17H,13H2,1-3H3;1H/t9-,11-;/m1./s1. The Hall–Kier alpha value is -1.57. The quantitative estimate of drug-likeness (QED) is 0.383. The molecular formula is C12H19ClN2O5. The fraction of sp³-hybridized carbons (Fsp3) is 0.500. The molecule has 1 aromatic carbocycles. The van der Waals surface area contributed by atoms with Crippen molar-refractivity contribution >= 4 is 18.1 Å². The van der Waals surface area contributed by atoms with Crippen molar-refractivity contribution in [3.8, 4) is 11.5 Å². The number of nitrogens with two attached hydrogens (primary N) is 1. The molecule has 0 bridgehead atoms. The van der Waals surface area contributed by atoms with Crippen LogP contribution in [-0.2, 0) is 0 Å². The van der Waals surface area contributed by atoms with Gasteiger partial charge in [0.1, 0.15) is 0 Å². The molecule has 0 spiro atoms. The molecule has 0 aromatic heterocycles. The van der Waals surface area contributed by atoms with Crippen molar-refractivity contribution < 1.29 is 20.2 Å². The van der Waals surface area contributed by atoms with Crippen molar-refractivity contribution in [2.24, 2.45) is 11.1 Å². The maximum Gasteiger partial charge on any atom is 0.314 e. The molecular weight excluding hydrogens is 288 g/mol. The van der Waals surface area contributed by atoms with Crippen molar-refractivity contribution in [3.05, 3.63) is 27.8 Å². The van der Waals surface area contributed by atoms with E-state index >= 15 is 0 Å². The third kappa shape index (κ3) is 3.72. The number of aromatic hydroxyl groups is 2. The van der Waals surface area contributed by atoms with E-state index in [0.29, 0.717) is 0 Å². The van der Waals surface area contributed by atoms with Crippen LogP contribution < -0.4 is 5.73 Å². The number of benzene rings is 1. The topological polar surface area (TPSA) is 130 Å². The van der Waals surface area contributed by atoms with Crippen LogP contribution in [0.1, 0.15) is 32.4 Å². The van der Waals surface area contributed by atoms with E-state index in [0.717, 1.165) is 12.1 Å². The highest BCUT2D eigenvalue weighted by molar-refractivity contribution is 5.85. The molecule has 1 rings (SSSR count). The minimum Gasteiger partial charge on any atom is -0.504 e. The Balaban J connectivity index is 0.00000361. The molecule has 0 saturated carbocycles. The second-order valence-corrected chi connectivity index (χ2v) is 5.50. The Morgan fingerprint density at radius 2 is 1.80 bits per heavy atom. The van der Waals surface area contributed by atoms with Gasteiger partial charge in [-0.05, 0) is 17.0 Å². The van der Waals surface area contributed by atoms with E-state index in [9.17, 15) is 25.4 Å². The zero-order valence-electron chi connectivity index (χ0n) is 11.4. The molecule has 0 fully saturated rings. The van der Waals surface area contributed by atoms with Crippen molar-refractivity contribution in [2.45, 2.75) is 32.9 Å². The highest BCUT2D eigenvalue weighted by Gasteiger charge is 2.31. The number of aliphatic hydroxyl groups is 1. The van der Waals surface area contributed by atoms with E-state index in [1.165, 1.54) is 0 Å². The molecule has 114 valence electrons. The summed E-state index contributed by atoms with van der Waals surface area (Å²) in [5.74, 6) is -1.45. The summed E-state index contributed by atoms with van der Waals surface area (Å²) in [5, 5.41) is 39.7. The fourth-order valence-electron chi connectivity index (χ4n) is 1.68. The molecule has 8 heteroatoms. The number of halogens is 1. The highest BCUT2D eigenvalue weighted by Crippen LogP contribution is 2.39.